The lowest BCUT2D eigenvalue weighted by molar-refractivity contribution is -0.146. The van der Waals surface area contributed by atoms with Gasteiger partial charge in [-0.1, -0.05) is 6.92 Å². The molecule has 6 atom stereocenters. The molecule has 1 unspecified atom stereocenters. The summed E-state index contributed by atoms with van der Waals surface area (Å²) in [6.07, 6.45) is -1.13. The first-order valence-electron chi connectivity index (χ1n) is 10.7. The SMILES string of the molecule is C[C@H](N[PH](=O)OC[C@@]1(C#N)O[C@@H](c2ccc3c(N)ncnn23)[C@H](O)[C@@H]1O)C(=O)OCC1(C)CC1. The number of anilines is 1. The van der Waals surface area contributed by atoms with Gasteiger partial charge >= 0.3 is 5.97 Å². The van der Waals surface area contributed by atoms with Crippen molar-refractivity contribution < 1.29 is 33.6 Å². The van der Waals surface area contributed by atoms with Crippen LogP contribution in [0.4, 0.5) is 5.82 Å². The Morgan fingerprint density at radius 1 is 1.47 bits per heavy atom. The van der Waals surface area contributed by atoms with Crippen LogP contribution >= 0.6 is 8.18 Å². The summed E-state index contributed by atoms with van der Waals surface area (Å²) < 4.78 is 30.0. The third-order valence-electron chi connectivity index (χ3n) is 6.21. The van der Waals surface area contributed by atoms with Crippen molar-refractivity contribution in [3.8, 4) is 6.07 Å². The molecule has 4 rings (SSSR count). The predicted octanol–water partition coefficient (Wildman–Crippen LogP) is 0.0947. The Hall–Kier alpha value is -2.59. The van der Waals surface area contributed by atoms with Gasteiger partial charge in [0.05, 0.1) is 12.3 Å². The lowest BCUT2D eigenvalue weighted by Crippen LogP contribution is -2.45. The van der Waals surface area contributed by atoms with Crippen molar-refractivity contribution in [2.24, 2.45) is 5.41 Å². The summed E-state index contributed by atoms with van der Waals surface area (Å²) in [4.78, 5) is 16.0. The molecule has 2 aromatic heterocycles. The van der Waals surface area contributed by atoms with Gasteiger partial charge in [-0.3, -0.25) is 9.36 Å². The van der Waals surface area contributed by atoms with E-state index in [0.717, 1.165) is 12.8 Å². The highest BCUT2D eigenvalue weighted by Gasteiger charge is 2.56. The number of aromatic nitrogens is 3. The summed E-state index contributed by atoms with van der Waals surface area (Å²) in [6.45, 7) is 3.17. The van der Waals surface area contributed by atoms with E-state index in [1.807, 2.05) is 13.0 Å². The van der Waals surface area contributed by atoms with Crippen LogP contribution in [-0.2, 0) is 23.4 Å². The highest BCUT2D eigenvalue weighted by molar-refractivity contribution is 7.36. The van der Waals surface area contributed by atoms with E-state index in [-0.39, 0.29) is 11.2 Å². The zero-order valence-corrected chi connectivity index (χ0v) is 19.7. The van der Waals surface area contributed by atoms with Crippen LogP contribution in [0.2, 0.25) is 0 Å². The van der Waals surface area contributed by atoms with Crippen molar-refractivity contribution in [1.29, 1.82) is 5.26 Å². The first kappa shape index (κ1) is 24.5. The molecule has 1 saturated carbocycles. The number of carbonyl (C=O) groups is 1. The van der Waals surface area contributed by atoms with Gasteiger partial charge in [-0.2, -0.15) is 10.4 Å². The van der Waals surface area contributed by atoms with Gasteiger partial charge in [0.1, 0.15) is 48.9 Å². The van der Waals surface area contributed by atoms with Crippen LogP contribution in [0.5, 0.6) is 0 Å². The maximum absolute atomic E-state index is 12.4. The maximum Gasteiger partial charge on any atom is 0.323 e. The molecule has 1 aliphatic heterocycles. The van der Waals surface area contributed by atoms with Gasteiger partial charge in [0.25, 0.3) is 8.18 Å². The Bertz CT molecular complexity index is 1150. The molecule has 2 aromatic rings. The minimum absolute atomic E-state index is 0.0205. The van der Waals surface area contributed by atoms with Crippen LogP contribution in [0.25, 0.3) is 5.52 Å². The largest absolute Gasteiger partial charge is 0.464 e. The number of rotatable bonds is 9. The second kappa shape index (κ2) is 9.22. The Kier molecular flexibility index (Phi) is 6.65. The number of nitriles is 1. The highest BCUT2D eigenvalue weighted by atomic mass is 31.1. The molecule has 0 radical (unpaired) electrons. The van der Waals surface area contributed by atoms with E-state index < -0.39 is 50.7 Å². The number of carbonyl (C=O) groups excluding carboxylic acids is 1. The second-order valence-corrected chi connectivity index (χ2v) is 10.2. The summed E-state index contributed by atoms with van der Waals surface area (Å²) in [5.74, 6) is -0.369. The molecule has 3 heterocycles. The molecule has 1 saturated heterocycles. The summed E-state index contributed by atoms with van der Waals surface area (Å²) in [5.41, 5.74) is 4.62. The van der Waals surface area contributed by atoms with Crippen LogP contribution in [0.3, 0.4) is 0 Å². The minimum atomic E-state index is -3.02. The number of nitrogens with two attached hydrogens (primary N) is 1. The molecular weight excluding hydrogens is 467 g/mol. The number of aliphatic hydroxyl groups is 2. The van der Waals surface area contributed by atoms with Crippen molar-refractivity contribution in [1.82, 2.24) is 19.7 Å². The number of esters is 1. The number of nitrogens with zero attached hydrogens (tertiary/aromatic N) is 4. The van der Waals surface area contributed by atoms with Crippen LogP contribution in [0.1, 0.15) is 38.5 Å². The van der Waals surface area contributed by atoms with Gasteiger partial charge < -0.3 is 29.9 Å². The van der Waals surface area contributed by atoms with E-state index in [4.69, 9.17) is 19.7 Å². The molecule has 5 N–H and O–H groups in total. The third kappa shape index (κ3) is 4.65. The number of fused-ring (bicyclic) bond motifs is 1. The van der Waals surface area contributed by atoms with Crippen molar-refractivity contribution in [3.05, 3.63) is 24.2 Å². The van der Waals surface area contributed by atoms with E-state index >= 15 is 0 Å². The Balaban J connectivity index is 1.39. The zero-order chi connectivity index (χ0) is 24.7. The molecule has 0 amide bonds. The molecule has 1 aliphatic carbocycles. The topological polar surface area (TPSA) is 194 Å². The summed E-state index contributed by atoms with van der Waals surface area (Å²) >= 11 is 0. The Morgan fingerprint density at radius 3 is 2.88 bits per heavy atom. The number of hydrogen-bond donors (Lipinski definition) is 4. The van der Waals surface area contributed by atoms with Crippen LogP contribution in [-0.4, -0.2) is 67.8 Å². The van der Waals surface area contributed by atoms with Gasteiger partial charge in [-0.05, 0) is 31.9 Å². The average Bonchev–Trinajstić information content (AvgIpc) is 3.30. The second-order valence-electron chi connectivity index (χ2n) is 9.04. The smallest absolute Gasteiger partial charge is 0.323 e. The predicted molar refractivity (Wildman–Crippen MR) is 117 cm³/mol. The first-order valence-corrected chi connectivity index (χ1v) is 12.0. The summed E-state index contributed by atoms with van der Waals surface area (Å²) in [7, 11) is -3.02. The van der Waals surface area contributed by atoms with Crippen molar-refractivity contribution in [2.75, 3.05) is 18.9 Å². The van der Waals surface area contributed by atoms with Gasteiger partial charge in [0.15, 0.2) is 5.82 Å². The maximum atomic E-state index is 12.4. The fourth-order valence-corrected chi connectivity index (χ4v) is 4.55. The summed E-state index contributed by atoms with van der Waals surface area (Å²) in [6, 6.07) is 4.10. The monoisotopic (exact) mass is 494 g/mol. The molecular formula is C20H27N6O7P. The van der Waals surface area contributed by atoms with Gasteiger partial charge in [0, 0.05) is 5.41 Å². The molecule has 2 fully saturated rings. The van der Waals surface area contributed by atoms with Crippen LogP contribution in [0, 0.1) is 16.7 Å². The average molecular weight is 494 g/mol. The van der Waals surface area contributed by atoms with Crippen molar-refractivity contribution >= 4 is 25.5 Å². The lowest BCUT2D eigenvalue weighted by Gasteiger charge is -2.24. The normalized spacial score (nSPS) is 29.4. The van der Waals surface area contributed by atoms with Gasteiger partial charge in [-0.25, -0.2) is 14.6 Å². The van der Waals surface area contributed by atoms with Gasteiger partial charge in [-0.15, -0.1) is 0 Å². The van der Waals surface area contributed by atoms with E-state index in [1.165, 1.54) is 17.8 Å². The van der Waals surface area contributed by atoms with Crippen molar-refractivity contribution in [3.63, 3.8) is 0 Å². The van der Waals surface area contributed by atoms with E-state index in [0.29, 0.717) is 17.8 Å². The quantitative estimate of drug-likeness (QED) is 0.271. The highest BCUT2D eigenvalue weighted by Crippen LogP contribution is 2.45. The van der Waals surface area contributed by atoms with E-state index in [9.17, 15) is 24.8 Å². The zero-order valence-electron chi connectivity index (χ0n) is 18.7. The molecule has 0 aromatic carbocycles. The minimum Gasteiger partial charge on any atom is -0.464 e. The van der Waals surface area contributed by atoms with Crippen LogP contribution in [0.15, 0.2) is 18.5 Å². The fraction of sp³-hybridized carbons (Fsp3) is 0.600. The number of nitrogen functional groups attached to an aromatic ring is 1. The number of aliphatic hydroxyl groups excluding tert-OH is 2. The van der Waals surface area contributed by atoms with Crippen LogP contribution < -0.4 is 10.8 Å². The lowest BCUT2D eigenvalue weighted by atomic mass is 9.96. The van der Waals surface area contributed by atoms with Gasteiger partial charge in [0.2, 0.25) is 5.60 Å². The Labute approximate surface area is 195 Å². The summed E-state index contributed by atoms with van der Waals surface area (Å²) in [5, 5.41) is 37.6. The van der Waals surface area contributed by atoms with E-state index in [2.05, 4.69) is 15.2 Å². The fourth-order valence-electron chi connectivity index (χ4n) is 3.65. The molecule has 13 nitrogen and oxygen atoms in total. The Morgan fingerprint density at radius 2 is 2.21 bits per heavy atom. The molecule has 0 bridgehead atoms. The van der Waals surface area contributed by atoms with E-state index in [1.54, 1.807) is 12.1 Å². The van der Waals surface area contributed by atoms with Crippen molar-refractivity contribution in [2.45, 2.75) is 56.6 Å². The number of hydrogen-bond acceptors (Lipinski definition) is 11. The number of nitrogens with one attached hydrogen (secondary N) is 1. The first-order chi connectivity index (χ1) is 16.1. The molecule has 0 spiro atoms. The standard InChI is InChI=1S/C20H27N6O7P/c1-11(18(29)31-8-19(2)5-6-19)25-34(30)32-9-20(7-21)16(28)14(27)15(33-20)12-3-4-13-17(22)23-10-24-26(12)13/h3-4,10-11,14-16,27-28,34H,5-6,8-9H2,1-2H3,(H,25,30)(H2,22,23,24)/t11-,14-,15-,16-,20+/m0/s1. The third-order valence-corrected chi connectivity index (χ3v) is 7.29. The molecule has 14 heteroatoms. The molecule has 184 valence electrons. The molecule has 34 heavy (non-hydrogen) atoms. The number of ether oxygens (including phenoxy) is 2. The molecule has 2 aliphatic rings.